The van der Waals surface area contributed by atoms with Gasteiger partial charge in [0.25, 0.3) is 0 Å². The van der Waals surface area contributed by atoms with Gasteiger partial charge in [-0.3, -0.25) is 0 Å². The Labute approximate surface area is 390 Å². The van der Waals surface area contributed by atoms with Crippen LogP contribution in [0.4, 0.5) is 0 Å². The summed E-state index contributed by atoms with van der Waals surface area (Å²) >= 11 is 0. The van der Waals surface area contributed by atoms with Crippen molar-refractivity contribution in [1.29, 1.82) is 0 Å². The smallest absolute Gasteiger partial charge is 0.0582 e. The second kappa shape index (κ2) is 14.4. The molecular weight excluding hydrogens is 797 g/mol. The summed E-state index contributed by atoms with van der Waals surface area (Å²) in [7, 11) is 0. The van der Waals surface area contributed by atoms with E-state index in [1.165, 1.54) is 122 Å². The zero-order valence-electron chi connectivity index (χ0n) is 40.2. The van der Waals surface area contributed by atoms with Crippen LogP contribution in [0.3, 0.4) is 0 Å². The molecule has 2 heterocycles. The van der Waals surface area contributed by atoms with Crippen molar-refractivity contribution in [2.24, 2.45) is 0 Å². The van der Waals surface area contributed by atoms with Crippen LogP contribution in [-0.4, -0.2) is 9.13 Å². The molecule has 8 aromatic carbocycles. The number of hydrogen-bond donors (Lipinski definition) is 0. The molecule has 0 fully saturated rings. The molecule has 0 spiro atoms. The first-order valence-corrected chi connectivity index (χ1v) is 24.3. The molecule has 0 amide bonds. The van der Waals surface area contributed by atoms with Gasteiger partial charge in [-0.05, 0) is 162 Å². The van der Waals surface area contributed by atoms with Crippen LogP contribution in [0.15, 0.2) is 158 Å². The zero-order valence-corrected chi connectivity index (χ0v) is 40.2. The van der Waals surface area contributed by atoms with Gasteiger partial charge < -0.3 is 9.13 Å². The lowest BCUT2D eigenvalue weighted by Crippen LogP contribution is -2.24. The van der Waals surface area contributed by atoms with Crippen LogP contribution in [0.2, 0.25) is 0 Å². The summed E-state index contributed by atoms with van der Waals surface area (Å²) in [5, 5.41) is 5.38. The van der Waals surface area contributed by atoms with Gasteiger partial charge in [-0.15, -0.1) is 0 Å². The third kappa shape index (κ3) is 5.93. The third-order valence-corrected chi connectivity index (χ3v) is 16.1. The van der Waals surface area contributed by atoms with Crippen LogP contribution in [-0.2, 0) is 10.8 Å². The molecule has 2 nitrogen and oxygen atoms in total. The Bertz CT molecular complexity index is 3330. The maximum absolute atomic E-state index is 2.62. The van der Waals surface area contributed by atoms with Gasteiger partial charge in [-0.2, -0.15) is 0 Å². The second-order valence-electron chi connectivity index (χ2n) is 21.9. The summed E-state index contributed by atoms with van der Waals surface area (Å²) in [6, 6.07) is 60.4. The Balaban J connectivity index is 1.16. The maximum atomic E-state index is 2.62. The topological polar surface area (TPSA) is 9.86 Å². The molecule has 2 aromatic heterocycles. The van der Waals surface area contributed by atoms with E-state index in [2.05, 4.69) is 236 Å². The van der Waals surface area contributed by atoms with Gasteiger partial charge in [-0.1, -0.05) is 166 Å². The van der Waals surface area contributed by atoms with Crippen LogP contribution in [0.5, 0.6) is 0 Å². The molecule has 326 valence electrons. The summed E-state index contributed by atoms with van der Waals surface area (Å²) in [5.41, 5.74) is 24.6. The van der Waals surface area contributed by atoms with E-state index in [4.69, 9.17) is 0 Å². The molecule has 4 unspecified atom stereocenters. The number of hydrogen-bond acceptors (Lipinski definition) is 0. The number of rotatable bonds is 4. The van der Waals surface area contributed by atoms with E-state index in [0.717, 1.165) is 0 Å². The highest BCUT2D eigenvalue weighted by atomic mass is 15.0. The first kappa shape index (κ1) is 40.8. The van der Waals surface area contributed by atoms with E-state index in [-0.39, 0.29) is 22.7 Å². The van der Waals surface area contributed by atoms with Gasteiger partial charge >= 0.3 is 0 Å². The van der Waals surface area contributed by atoms with E-state index >= 15 is 0 Å². The van der Waals surface area contributed by atoms with Gasteiger partial charge in [0.2, 0.25) is 0 Å². The molecule has 2 heteroatoms. The average molecular weight is 857 g/mol. The number of aromatic nitrogens is 2. The van der Waals surface area contributed by atoms with Crippen molar-refractivity contribution in [2.75, 3.05) is 0 Å². The Kier molecular flexibility index (Phi) is 8.93. The van der Waals surface area contributed by atoms with Crippen molar-refractivity contribution in [3.8, 4) is 44.8 Å². The molecule has 0 aliphatic heterocycles. The minimum absolute atomic E-state index is 0.110. The molecule has 0 bridgehead atoms. The van der Waals surface area contributed by atoms with E-state index in [1.807, 2.05) is 0 Å². The molecule has 4 atom stereocenters. The fourth-order valence-corrected chi connectivity index (χ4v) is 12.0. The fourth-order valence-electron chi connectivity index (χ4n) is 12.0. The molecule has 0 radical (unpaired) electrons. The van der Waals surface area contributed by atoms with Crippen molar-refractivity contribution in [2.45, 2.75) is 104 Å². The predicted octanol–water partition coefficient (Wildman–Crippen LogP) is 17.9. The standard InChI is InChI=1S/C64H60N2/c1-37-39(3)57-60-50(36-54-52-34-44(42-23-29-46(30-24-42)64(8,9)10)26-32-56(52)65(61(54)57)47-17-13-11-14-18-47)38(2)40(4)58-59(60)49(37)35-53-51-33-43(41-21-27-45(28-22-41)63(5,6)7)25-31-55(51)66(62(53)58)48-19-15-12-16-20-48/h11-40H,1-10H3. The van der Waals surface area contributed by atoms with E-state index in [9.17, 15) is 0 Å². The van der Waals surface area contributed by atoms with Crippen LogP contribution in [0, 0.1) is 0 Å². The monoisotopic (exact) mass is 856 g/mol. The first-order valence-electron chi connectivity index (χ1n) is 24.3. The lowest BCUT2D eigenvalue weighted by molar-refractivity contribution is 0.584. The van der Waals surface area contributed by atoms with Gasteiger partial charge in [0.05, 0.1) is 22.1 Å². The highest BCUT2D eigenvalue weighted by Crippen LogP contribution is 2.61. The lowest BCUT2D eigenvalue weighted by atomic mass is 9.62. The first-order chi connectivity index (χ1) is 31.7. The Morgan fingerprint density at radius 1 is 0.348 bits per heavy atom. The Hall–Kier alpha value is -6.64. The zero-order chi connectivity index (χ0) is 45.6. The SMILES string of the molecule is CC1c2cc3c4cc(-c5ccc(C(C)(C)C)cc5)ccc4n(-c4ccccc4)c3c3c2-c2c(cc4c5cc(-c6ccc(C(C)(C)C)cc6)ccc5n(-c5ccccc5)c4c2C1C)C(C)C3C. The van der Waals surface area contributed by atoms with Crippen molar-refractivity contribution in [3.05, 3.63) is 191 Å². The normalized spacial score (nSPS) is 18.2. The predicted molar refractivity (Wildman–Crippen MR) is 282 cm³/mol. The minimum Gasteiger partial charge on any atom is -0.309 e. The van der Waals surface area contributed by atoms with E-state index in [1.54, 1.807) is 0 Å². The summed E-state index contributed by atoms with van der Waals surface area (Å²) < 4.78 is 5.19. The number of benzene rings is 8. The van der Waals surface area contributed by atoms with Gasteiger partial charge in [0.1, 0.15) is 0 Å². The quantitative estimate of drug-likeness (QED) is 0.167. The Morgan fingerprint density at radius 3 is 1.05 bits per heavy atom. The van der Waals surface area contributed by atoms with Gasteiger partial charge in [0, 0.05) is 32.9 Å². The summed E-state index contributed by atoms with van der Waals surface area (Å²) in [4.78, 5) is 0. The van der Waals surface area contributed by atoms with Crippen molar-refractivity contribution < 1.29 is 0 Å². The second-order valence-corrected chi connectivity index (χ2v) is 21.9. The molecule has 0 saturated carbocycles. The molecule has 0 saturated heterocycles. The molecular formula is C64H60N2. The third-order valence-electron chi connectivity index (χ3n) is 16.1. The minimum atomic E-state index is 0.110. The van der Waals surface area contributed by atoms with Crippen molar-refractivity contribution in [3.63, 3.8) is 0 Å². The lowest BCUT2D eigenvalue weighted by Gasteiger charge is -2.42. The maximum Gasteiger partial charge on any atom is 0.0582 e. The summed E-state index contributed by atoms with van der Waals surface area (Å²) in [6.45, 7) is 23.8. The number of nitrogens with zero attached hydrogens (tertiary/aromatic N) is 2. The highest BCUT2D eigenvalue weighted by molar-refractivity contribution is 6.17. The largest absolute Gasteiger partial charge is 0.309 e. The summed E-state index contributed by atoms with van der Waals surface area (Å²) in [6.07, 6.45) is 0. The molecule has 0 N–H and O–H groups in total. The van der Waals surface area contributed by atoms with Crippen LogP contribution in [0.1, 0.15) is 126 Å². The van der Waals surface area contributed by atoms with E-state index < -0.39 is 0 Å². The van der Waals surface area contributed by atoms with Gasteiger partial charge in [0.15, 0.2) is 0 Å². The molecule has 12 rings (SSSR count). The molecule has 2 aliphatic rings. The number of para-hydroxylation sites is 2. The fraction of sp³-hybridized carbons (Fsp3) is 0.250. The van der Waals surface area contributed by atoms with Gasteiger partial charge in [-0.25, -0.2) is 0 Å². The summed E-state index contributed by atoms with van der Waals surface area (Å²) in [5.74, 6) is 1.18. The van der Waals surface area contributed by atoms with Crippen molar-refractivity contribution in [1.82, 2.24) is 9.13 Å². The van der Waals surface area contributed by atoms with E-state index in [0.29, 0.717) is 11.8 Å². The number of fused-ring (bicyclic) bond motifs is 8. The molecule has 10 aromatic rings. The molecule has 2 aliphatic carbocycles. The van der Waals surface area contributed by atoms with Crippen LogP contribution >= 0.6 is 0 Å². The molecule has 66 heavy (non-hydrogen) atoms. The highest BCUT2D eigenvalue weighted by Gasteiger charge is 2.42. The van der Waals surface area contributed by atoms with Crippen LogP contribution in [0.25, 0.3) is 88.4 Å². The van der Waals surface area contributed by atoms with Crippen LogP contribution < -0.4 is 0 Å². The average Bonchev–Trinajstić information content (AvgIpc) is 3.83. The van der Waals surface area contributed by atoms with Crippen molar-refractivity contribution >= 4 is 43.6 Å². The Morgan fingerprint density at radius 2 is 0.697 bits per heavy atom.